The average molecular weight is 397 g/mol. The molecule has 3 fully saturated rings. The molecule has 4 aliphatic rings. The van der Waals surface area contributed by atoms with E-state index < -0.39 is 11.4 Å². The average Bonchev–Trinajstić information content (AvgIpc) is 3.02. The minimum absolute atomic E-state index is 0.00648. The van der Waals surface area contributed by atoms with Gasteiger partial charge in [0.15, 0.2) is 17.3 Å². The van der Waals surface area contributed by atoms with E-state index >= 15 is 4.39 Å². The van der Waals surface area contributed by atoms with E-state index in [1.54, 1.807) is 6.07 Å². The van der Waals surface area contributed by atoms with Crippen LogP contribution in [0.5, 0.6) is 5.75 Å². The SMILES string of the molecule is CC(=O)c1cc2c3c(c(N4C[C@H]5CC6C[C@]6(N)[C@H]5C4)c(F)cn3c1=O)OC[C@@H]2C. The van der Waals surface area contributed by atoms with Crippen molar-refractivity contribution in [3.8, 4) is 5.75 Å². The smallest absolute Gasteiger partial charge is 0.266 e. The molecule has 6 rings (SSSR count). The van der Waals surface area contributed by atoms with E-state index in [1.165, 1.54) is 17.5 Å². The molecular formula is C22H24FN3O3. The van der Waals surface area contributed by atoms with Crippen LogP contribution in [0.4, 0.5) is 10.1 Å². The highest BCUT2D eigenvalue weighted by molar-refractivity contribution is 5.95. The highest BCUT2D eigenvalue weighted by Crippen LogP contribution is 2.62. The van der Waals surface area contributed by atoms with Crippen molar-refractivity contribution in [3.63, 3.8) is 0 Å². The normalized spacial score (nSPS) is 34.1. The molecule has 2 aromatic rings. The van der Waals surface area contributed by atoms with Gasteiger partial charge in [-0.3, -0.25) is 14.0 Å². The Hall–Kier alpha value is -2.41. The van der Waals surface area contributed by atoms with Gasteiger partial charge in [0.2, 0.25) is 0 Å². The van der Waals surface area contributed by atoms with Crippen molar-refractivity contribution < 1.29 is 13.9 Å². The minimum atomic E-state index is -0.499. The summed E-state index contributed by atoms with van der Waals surface area (Å²) in [4.78, 5) is 26.9. The Labute approximate surface area is 167 Å². The first-order valence-electron chi connectivity index (χ1n) is 10.4. The number of carbonyl (C=O) groups is 1. The van der Waals surface area contributed by atoms with Crippen molar-refractivity contribution >= 4 is 17.0 Å². The molecule has 0 amide bonds. The molecule has 0 spiro atoms. The van der Waals surface area contributed by atoms with Crippen molar-refractivity contribution in [1.29, 1.82) is 0 Å². The molecule has 1 saturated heterocycles. The highest BCUT2D eigenvalue weighted by atomic mass is 19.1. The zero-order chi connectivity index (χ0) is 20.2. The zero-order valence-corrected chi connectivity index (χ0v) is 16.6. The van der Waals surface area contributed by atoms with Crippen LogP contribution >= 0.6 is 0 Å². The summed E-state index contributed by atoms with van der Waals surface area (Å²) in [6, 6.07) is 1.67. The first kappa shape index (κ1) is 17.4. The van der Waals surface area contributed by atoms with Crippen molar-refractivity contribution in [2.75, 3.05) is 24.6 Å². The number of halogens is 1. The summed E-state index contributed by atoms with van der Waals surface area (Å²) in [6.07, 6.45) is 3.42. The van der Waals surface area contributed by atoms with Crippen molar-refractivity contribution in [1.82, 2.24) is 4.40 Å². The molecule has 6 nitrogen and oxygen atoms in total. The Morgan fingerprint density at radius 3 is 2.90 bits per heavy atom. The van der Waals surface area contributed by atoms with Gasteiger partial charge < -0.3 is 15.4 Å². The molecule has 1 unspecified atom stereocenters. The Morgan fingerprint density at radius 1 is 1.38 bits per heavy atom. The zero-order valence-electron chi connectivity index (χ0n) is 16.6. The Balaban J connectivity index is 1.55. The first-order chi connectivity index (χ1) is 13.8. The third kappa shape index (κ3) is 2.14. The molecule has 152 valence electrons. The standard InChI is InChI=1S/C22H24FN3O3/c1-10-9-29-20-18-14(10)4-15(11(2)27)21(28)26(18)8-17(23)19(20)25-6-12-3-13-5-22(13,24)16(12)7-25/h4,8,10,12-13,16H,3,5-7,9,24H2,1-2H3/t10-,12+,13?,16-,22+/m0/s1. The second-order valence-electron chi connectivity index (χ2n) is 9.48. The van der Waals surface area contributed by atoms with Crippen LogP contribution in [-0.2, 0) is 0 Å². The molecule has 2 N–H and O–H groups in total. The molecule has 0 aromatic carbocycles. The Bertz CT molecular complexity index is 1160. The van der Waals surface area contributed by atoms with Gasteiger partial charge in [0.05, 0.1) is 23.9 Å². The van der Waals surface area contributed by atoms with Crippen LogP contribution in [-0.4, -0.2) is 35.4 Å². The summed E-state index contributed by atoms with van der Waals surface area (Å²) in [5.41, 5.74) is 7.95. The van der Waals surface area contributed by atoms with Crippen molar-refractivity contribution in [2.24, 2.45) is 23.5 Å². The fourth-order valence-corrected chi connectivity index (χ4v) is 6.16. The lowest BCUT2D eigenvalue weighted by molar-refractivity contribution is 0.101. The molecule has 5 atom stereocenters. The summed E-state index contributed by atoms with van der Waals surface area (Å²) < 4.78 is 22.6. The number of Topliss-reactive ketones (excluding diaryl/α,β-unsaturated/α-hetero) is 1. The molecule has 0 bridgehead atoms. The number of ether oxygens (including phenoxy) is 1. The third-order valence-corrected chi connectivity index (χ3v) is 7.78. The van der Waals surface area contributed by atoms with E-state index in [4.69, 9.17) is 10.5 Å². The lowest BCUT2D eigenvalue weighted by Gasteiger charge is -2.30. The predicted molar refractivity (Wildman–Crippen MR) is 106 cm³/mol. The van der Waals surface area contributed by atoms with Crippen LogP contribution < -0.4 is 20.9 Å². The maximum absolute atomic E-state index is 15.4. The molecule has 29 heavy (non-hydrogen) atoms. The fourth-order valence-electron chi connectivity index (χ4n) is 6.16. The number of hydrogen-bond acceptors (Lipinski definition) is 5. The topological polar surface area (TPSA) is 77.0 Å². The van der Waals surface area contributed by atoms with Crippen LogP contribution in [0, 0.1) is 23.6 Å². The number of carbonyl (C=O) groups excluding carboxylic acids is 1. The molecule has 2 aliphatic heterocycles. The molecule has 2 aromatic heterocycles. The van der Waals surface area contributed by atoms with E-state index in [0.717, 1.165) is 31.5 Å². The van der Waals surface area contributed by atoms with Crippen LogP contribution in [0.2, 0.25) is 0 Å². The third-order valence-electron chi connectivity index (χ3n) is 7.78. The van der Waals surface area contributed by atoms with E-state index in [-0.39, 0.29) is 22.8 Å². The van der Waals surface area contributed by atoms with Crippen molar-refractivity contribution in [3.05, 3.63) is 39.6 Å². The number of aromatic nitrogens is 1. The van der Waals surface area contributed by atoms with Crippen LogP contribution in [0.3, 0.4) is 0 Å². The maximum atomic E-state index is 15.4. The number of hydrogen-bond donors (Lipinski definition) is 1. The maximum Gasteiger partial charge on any atom is 0.266 e. The number of rotatable bonds is 2. The monoisotopic (exact) mass is 397 g/mol. The summed E-state index contributed by atoms with van der Waals surface area (Å²) >= 11 is 0. The molecular weight excluding hydrogens is 373 g/mol. The van der Waals surface area contributed by atoms with Crippen LogP contribution in [0.25, 0.3) is 5.52 Å². The first-order valence-corrected chi connectivity index (χ1v) is 10.4. The second-order valence-corrected chi connectivity index (χ2v) is 9.48. The summed E-state index contributed by atoms with van der Waals surface area (Å²) in [7, 11) is 0. The summed E-state index contributed by atoms with van der Waals surface area (Å²) in [5, 5.41) is 0. The Morgan fingerprint density at radius 2 is 2.17 bits per heavy atom. The number of fused-ring (bicyclic) bond motifs is 3. The molecule has 2 saturated carbocycles. The number of nitrogens with two attached hydrogens (primary N) is 1. The van der Waals surface area contributed by atoms with Gasteiger partial charge in [0.1, 0.15) is 5.69 Å². The quantitative estimate of drug-likeness (QED) is 0.787. The van der Waals surface area contributed by atoms with Gasteiger partial charge in [0, 0.05) is 24.5 Å². The minimum Gasteiger partial charge on any atom is -0.488 e. The van der Waals surface area contributed by atoms with E-state index in [1.807, 2.05) is 6.92 Å². The Kier molecular flexibility index (Phi) is 3.24. The van der Waals surface area contributed by atoms with Crippen molar-refractivity contribution in [2.45, 2.75) is 38.1 Å². The summed E-state index contributed by atoms with van der Waals surface area (Å²) in [6.45, 7) is 5.23. The van der Waals surface area contributed by atoms with Crippen LogP contribution in [0.1, 0.15) is 48.5 Å². The van der Waals surface area contributed by atoms with Gasteiger partial charge in [-0.2, -0.15) is 0 Å². The number of anilines is 1. The van der Waals surface area contributed by atoms with Gasteiger partial charge >= 0.3 is 0 Å². The predicted octanol–water partition coefficient (Wildman–Crippen LogP) is 2.31. The number of ketones is 1. The van der Waals surface area contributed by atoms with Gasteiger partial charge in [0.25, 0.3) is 5.56 Å². The number of nitrogens with zero attached hydrogens (tertiary/aromatic N) is 2. The van der Waals surface area contributed by atoms with E-state index in [0.29, 0.717) is 41.3 Å². The lowest BCUT2D eigenvalue weighted by Crippen LogP contribution is -2.36. The van der Waals surface area contributed by atoms with Crippen LogP contribution in [0.15, 0.2) is 17.1 Å². The van der Waals surface area contributed by atoms with Gasteiger partial charge in [-0.1, -0.05) is 6.92 Å². The van der Waals surface area contributed by atoms with E-state index in [2.05, 4.69) is 4.90 Å². The fraction of sp³-hybridized carbons (Fsp3) is 0.545. The molecule has 2 aliphatic carbocycles. The number of pyridine rings is 2. The molecule has 0 radical (unpaired) electrons. The molecule has 7 heteroatoms. The van der Waals surface area contributed by atoms with Gasteiger partial charge in [-0.15, -0.1) is 0 Å². The lowest BCUT2D eigenvalue weighted by atomic mass is 9.92. The summed E-state index contributed by atoms with van der Waals surface area (Å²) in [5.74, 6) is 1.13. The second kappa shape index (κ2) is 5.39. The molecule has 4 heterocycles. The van der Waals surface area contributed by atoms with Gasteiger partial charge in [-0.05, 0) is 49.1 Å². The highest BCUT2D eigenvalue weighted by Gasteiger charge is 2.66. The largest absolute Gasteiger partial charge is 0.488 e. The van der Waals surface area contributed by atoms with Gasteiger partial charge in [-0.25, -0.2) is 4.39 Å². The van der Waals surface area contributed by atoms with E-state index in [9.17, 15) is 9.59 Å².